The van der Waals surface area contributed by atoms with E-state index in [0.29, 0.717) is 11.6 Å². The third-order valence-corrected chi connectivity index (χ3v) is 2.93. The van der Waals surface area contributed by atoms with E-state index in [1.165, 1.54) is 0 Å². The zero-order valence-electron chi connectivity index (χ0n) is 11.1. The van der Waals surface area contributed by atoms with E-state index in [4.69, 9.17) is 0 Å². The van der Waals surface area contributed by atoms with E-state index in [2.05, 4.69) is 17.2 Å². The van der Waals surface area contributed by atoms with Crippen LogP contribution in [0.2, 0.25) is 0 Å². The molecule has 0 saturated heterocycles. The number of para-hydroxylation sites is 1. The number of hydrogen-bond acceptors (Lipinski definition) is 3. The predicted octanol–water partition coefficient (Wildman–Crippen LogP) is 2.44. The van der Waals surface area contributed by atoms with Gasteiger partial charge >= 0.3 is 0 Å². The molecule has 0 aliphatic heterocycles. The zero-order chi connectivity index (χ0) is 14.4. The minimum Gasteiger partial charge on any atom is -0.325 e. The van der Waals surface area contributed by atoms with Crippen molar-refractivity contribution in [2.24, 2.45) is 5.92 Å². The highest BCUT2D eigenvalue weighted by molar-refractivity contribution is 5.92. The van der Waals surface area contributed by atoms with Crippen molar-refractivity contribution < 1.29 is 9.72 Å². The van der Waals surface area contributed by atoms with Crippen LogP contribution >= 0.6 is 0 Å². The average molecular weight is 272 g/mol. The lowest BCUT2D eigenvalue weighted by molar-refractivity contribution is -0.480. The van der Waals surface area contributed by atoms with Crippen LogP contribution in [0.5, 0.6) is 0 Å². The Morgan fingerprint density at radius 1 is 1.40 bits per heavy atom. The van der Waals surface area contributed by atoms with E-state index in [0.717, 1.165) is 18.4 Å². The summed E-state index contributed by atoms with van der Waals surface area (Å²) < 4.78 is 0. The van der Waals surface area contributed by atoms with Crippen LogP contribution < -0.4 is 5.32 Å². The van der Waals surface area contributed by atoms with Crippen molar-refractivity contribution >= 4 is 11.6 Å². The smallest absolute Gasteiger partial charge is 0.224 e. The fourth-order valence-electron chi connectivity index (χ4n) is 1.69. The van der Waals surface area contributed by atoms with E-state index in [-0.39, 0.29) is 25.3 Å². The quantitative estimate of drug-likeness (QED) is 0.508. The number of anilines is 1. The Labute approximate surface area is 117 Å². The fraction of sp³-hybridized carbons (Fsp3) is 0.400. The van der Waals surface area contributed by atoms with E-state index in [1.54, 1.807) is 6.07 Å². The number of nitrogens with one attached hydrogen (secondary N) is 1. The monoisotopic (exact) mass is 272 g/mol. The molecule has 5 nitrogen and oxygen atoms in total. The summed E-state index contributed by atoms with van der Waals surface area (Å²) in [6, 6.07) is 7.36. The van der Waals surface area contributed by atoms with Gasteiger partial charge in [-0.3, -0.25) is 14.9 Å². The van der Waals surface area contributed by atoms with Crippen LogP contribution in [-0.2, 0) is 4.79 Å². The van der Waals surface area contributed by atoms with Crippen molar-refractivity contribution in [3.05, 3.63) is 39.9 Å². The summed E-state index contributed by atoms with van der Waals surface area (Å²) in [6.45, 7) is -0.184. The standard InChI is InChI=1S/C15H16N2O3/c18-15(6-3-11-17(19)20)16-14-5-2-1-4-13(14)10-9-12-7-8-12/h1-2,4-5,12H,3,6-8,11H2,(H,16,18). The number of amides is 1. The molecule has 0 aromatic heterocycles. The molecule has 1 aromatic rings. The molecule has 0 radical (unpaired) electrons. The molecule has 0 spiro atoms. The number of carbonyl (C=O) groups excluding carboxylic acids is 1. The summed E-state index contributed by atoms with van der Waals surface area (Å²) in [7, 11) is 0. The molecule has 1 saturated carbocycles. The Balaban J connectivity index is 1.93. The first-order valence-corrected chi connectivity index (χ1v) is 6.67. The molecule has 20 heavy (non-hydrogen) atoms. The minimum absolute atomic E-state index is 0.144. The molecular weight excluding hydrogens is 256 g/mol. The average Bonchev–Trinajstić information content (AvgIpc) is 3.21. The molecule has 1 fully saturated rings. The van der Waals surface area contributed by atoms with Crippen molar-refractivity contribution in [1.29, 1.82) is 0 Å². The molecule has 104 valence electrons. The fourth-order valence-corrected chi connectivity index (χ4v) is 1.69. The molecule has 1 amide bonds. The van der Waals surface area contributed by atoms with E-state index in [9.17, 15) is 14.9 Å². The van der Waals surface area contributed by atoms with Crippen molar-refractivity contribution in [3.8, 4) is 11.8 Å². The summed E-state index contributed by atoms with van der Waals surface area (Å²) in [4.78, 5) is 21.5. The van der Waals surface area contributed by atoms with Gasteiger partial charge in [0, 0.05) is 29.2 Å². The van der Waals surface area contributed by atoms with Crippen molar-refractivity contribution in [1.82, 2.24) is 0 Å². The van der Waals surface area contributed by atoms with Gasteiger partial charge in [0.15, 0.2) is 0 Å². The lowest BCUT2D eigenvalue weighted by atomic mass is 10.1. The molecule has 2 rings (SSSR count). The van der Waals surface area contributed by atoms with E-state index >= 15 is 0 Å². The number of benzene rings is 1. The van der Waals surface area contributed by atoms with Gasteiger partial charge < -0.3 is 5.32 Å². The number of nitro groups is 1. The Bertz CT molecular complexity index is 568. The summed E-state index contributed by atoms with van der Waals surface area (Å²) >= 11 is 0. The zero-order valence-corrected chi connectivity index (χ0v) is 11.1. The SMILES string of the molecule is O=C(CCC[N+](=O)[O-])Nc1ccccc1C#CC1CC1. The van der Waals surface area contributed by atoms with Gasteiger partial charge in [-0.15, -0.1) is 0 Å². The van der Waals surface area contributed by atoms with Crippen LogP contribution in [0.3, 0.4) is 0 Å². The molecular formula is C15H16N2O3. The highest BCUT2D eigenvalue weighted by Gasteiger charge is 2.17. The van der Waals surface area contributed by atoms with E-state index in [1.807, 2.05) is 18.2 Å². The Hall–Kier alpha value is -2.35. The highest BCUT2D eigenvalue weighted by atomic mass is 16.6. The molecule has 5 heteroatoms. The Morgan fingerprint density at radius 3 is 2.85 bits per heavy atom. The van der Waals surface area contributed by atoms with Crippen LogP contribution in [0, 0.1) is 27.9 Å². The second-order valence-corrected chi connectivity index (χ2v) is 4.80. The molecule has 0 heterocycles. The van der Waals surface area contributed by atoms with Gasteiger partial charge in [-0.05, 0) is 25.0 Å². The van der Waals surface area contributed by atoms with Crippen molar-refractivity contribution in [2.45, 2.75) is 25.7 Å². The highest BCUT2D eigenvalue weighted by Crippen LogP contribution is 2.28. The van der Waals surface area contributed by atoms with Gasteiger partial charge in [0.25, 0.3) is 0 Å². The second kappa shape index (κ2) is 6.71. The van der Waals surface area contributed by atoms with Crippen LogP contribution in [-0.4, -0.2) is 17.4 Å². The summed E-state index contributed by atoms with van der Waals surface area (Å²) in [5.41, 5.74) is 1.47. The number of rotatable bonds is 5. The Morgan fingerprint density at radius 2 is 2.15 bits per heavy atom. The van der Waals surface area contributed by atoms with Crippen LogP contribution in [0.15, 0.2) is 24.3 Å². The summed E-state index contributed by atoms with van der Waals surface area (Å²) in [5, 5.41) is 13.0. The van der Waals surface area contributed by atoms with Gasteiger partial charge in [-0.25, -0.2) is 0 Å². The van der Waals surface area contributed by atoms with Gasteiger partial charge in [0.1, 0.15) is 0 Å². The molecule has 1 aliphatic rings. The normalized spacial score (nSPS) is 13.2. The first kappa shape index (κ1) is 14.1. The van der Waals surface area contributed by atoms with E-state index < -0.39 is 4.92 Å². The second-order valence-electron chi connectivity index (χ2n) is 4.80. The third kappa shape index (κ3) is 4.73. The summed E-state index contributed by atoms with van der Waals surface area (Å²) in [5.74, 6) is 6.52. The summed E-state index contributed by atoms with van der Waals surface area (Å²) in [6.07, 6.45) is 2.70. The van der Waals surface area contributed by atoms with Crippen LogP contribution in [0.4, 0.5) is 5.69 Å². The van der Waals surface area contributed by atoms with Gasteiger partial charge in [0.2, 0.25) is 12.5 Å². The topological polar surface area (TPSA) is 72.2 Å². The first-order valence-electron chi connectivity index (χ1n) is 6.67. The predicted molar refractivity (Wildman–Crippen MR) is 75.8 cm³/mol. The number of carbonyl (C=O) groups is 1. The van der Waals surface area contributed by atoms with Crippen LogP contribution in [0.1, 0.15) is 31.2 Å². The van der Waals surface area contributed by atoms with Crippen molar-refractivity contribution in [3.63, 3.8) is 0 Å². The maximum Gasteiger partial charge on any atom is 0.224 e. The number of hydrogen-bond donors (Lipinski definition) is 1. The van der Waals surface area contributed by atoms with Crippen LogP contribution in [0.25, 0.3) is 0 Å². The minimum atomic E-state index is -0.414. The lowest BCUT2D eigenvalue weighted by Crippen LogP contribution is -2.14. The van der Waals surface area contributed by atoms with Gasteiger partial charge in [0.05, 0.1) is 5.69 Å². The largest absolute Gasteiger partial charge is 0.325 e. The third-order valence-electron chi connectivity index (χ3n) is 2.93. The van der Waals surface area contributed by atoms with Gasteiger partial charge in [-0.1, -0.05) is 24.0 Å². The maximum atomic E-state index is 11.7. The molecule has 1 aromatic carbocycles. The molecule has 1 N–H and O–H groups in total. The maximum absolute atomic E-state index is 11.7. The lowest BCUT2D eigenvalue weighted by Gasteiger charge is -2.06. The molecule has 1 aliphatic carbocycles. The number of nitrogens with zero attached hydrogens (tertiary/aromatic N) is 1. The molecule has 0 unspecified atom stereocenters. The first-order chi connectivity index (χ1) is 9.65. The molecule has 0 atom stereocenters. The van der Waals surface area contributed by atoms with Crippen molar-refractivity contribution in [2.75, 3.05) is 11.9 Å². The van der Waals surface area contributed by atoms with Gasteiger partial charge in [-0.2, -0.15) is 0 Å². The molecule has 0 bridgehead atoms. The Kier molecular flexibility index (Phi) is 4.72.